The van der Waals surface area contributed by atoms with Crippen LogP contribution in [0.5, 0.6) is 0 Å². The lowest BCUT2D eigenvalue weighted by molar-refractivity contribution is 0.0697. The summed E-state index contributed by atoms with van der Waals surface area (Å²) in [6.07, 6.45) is 1.90. The second kappa shape index (κ2) is 12.6. The summed E-state index contributed by atoms with van der Waals surface area (Å²) in [6.45, 7) is 13.4. The molecule has 224 valence electrons. The van der Waals surface area contributed by atoms with Crippen molar-refractivity contribution in [3.8, 4) is 22.5 Å². The van der Waals surface area contributed by atoms with E-state index in [1.807, 2.05) is 24.3 Å². The minimum absolute atomic E-state index is 0.309. The molecule has 0 atom stereocenters. The number of fused-ring (bicyclic) bond motifs is 1. The van der Waals surface area contributed by atoms with Gasteiger partial charge < -0.3 is 19.1 Å². The Morgan fingerprint density at radius 1 is 0.953 bits per heavy atom. The summed E-state index contributed by atoms with van der Waals surface area (Å²) in [4.78, 5) is 24.3. The smallest absolute Gasteiger partial charge is 0.336 e. The van der Waals surface area contributed by atoms with Gasteiger partial charge in [0.05, 0.1) is 22.3 Å². The van der Waals surface area contributed by atoms with Crippen molar-refractivity contribution in [1.29, 1.82) is 0 Å². The molecule has 0 amide bonds. The summed E-state index contributed by atoms with van der Waals surface area (Å²) in [7, 11) is 4.22. The van der Waals surface area contributed by atoms with Crippen molar-refractivity contribution in [2.24, 2.45) is 0 Å². The number of carboxylic acids is 1. The molecule has 2 aromatic heterocycles. The lowest BCUT2D eigenvalue weighted by atomic mass is 9.98. The zero-order chi connectivity index (χ0) is 30.8. The maximum atomic E-state index is 11.8. The first-order chi connectivity index (χ1) is 20.6. The molecule has 5 rings (SSSR count). The highest BCUT2D eigenvalue weighted by molar-refractivity contribution is 5.96. The monoisotopic (exact) mass is 577 g/mol. The number of rotatable bonds is 11. The Balaban J connectivity index is 1.58. The van der Waals surface area contributed by atoms with Gasteiger partial charge in [0.1, 0.15) is 11.6 Å². The molecule has 43 heavy (non-hydrogen) atoms. The van der Waals surface area contributed by atoms with E-state index in [-0.39, 0.29) is 0 Å². The van der Waals surface area contributed by atoms with Crippen molar-refractivity contribution in [2.75, 3.05) is 20.6 Å². The van der Waals surface area contributed by atoms with Crippen LogP contribution in [-0.2, 0) is 19.5 Å². The first-order valence-corrected chi connectivity index (χ1v) is 15.2. The van der Waals surface area contributed by atoms with E-state index in [1.54, 1.807) is 12.1 Å². The second-order valence-electron chi connectivity index (χ2n) is 12.1. The van der Waals surface area contributed by atoms with Crippen molar-refractivity contribution < 1.29 is 9.90 Å². The van der Waals surface area contributed by atoms with Crippen molar-refractivity contribution in [2.45, 2.75) is 66.5 Å². The van der Waals surface area contributed by atoms with Crippen molar-refractivity contribution >= 4 is 17.0 Å². The van der Waals surface area contributed by atoms with E-state index >= 15 is 0 Å². The van der Waals surface area contributed by atoms with Crippen LogP contribution in [0.15, 0.2) is 60.7 Å². The van der Waals surface area contributed by atoms with E-state index in [9.17, 15) is 9.90 Å². The molecule has 1 N–H and O–H groups in total. The molecule has 0 unspecified atom stereocenters. The molecule has 0 aliphatic heterocycles. The molecular weight excluding hydrogens is 534 g/mol. The fourth-order valence-corrected chi connectivity index (χ4v) is 5.95. The highest BCUT2D eigenvalue weighted by atomic mass is 16.4. The molecule has 5 aromatic rings. The largest absolute Gasteiger partial charge is 0.478 e. The number of carbonyl (C=O) groups is 1. The molecular formula is C36H43N5O2. The summed E-state index contributed by atoms with van der Waals surface area (Å²) >= 11 is 0. The third kappa shape index (κ3) is 6.13. The third-order valence-corrected chi connectivity index (χ3v) is 8.19. The van der Waals surface area contributed by atoms with Gasteiger partial charge in [-0.15, -0.1) is 0 Å². The predicted octanol–water partition coefficient (Wildman–Crippen LogP) is 7.57. The van der Waals surface area contributed by atoms with Gasteiger partial charge in [0.2, 0.25) is 0 Å². The lowest BCUT2D eigenvalue weighted by Gasteiger charge is -2.15. The minimum atomic E-state index is -0.919. The van der Waals surface area contributed by atoms with Gasteiger partial charge in [-0.05, 0) is 80.7 Å². The number of aromatic carboxylic acids is 1. The Morgan fingerprint density at radius 3 is 2.33 bits per heavy atom. The number of aromatic nitrogens is 4. The topological polar surface area (TPSA) is 76.2 Å². The van der Waals surface area contributed by atoms with Crippen molar-refractivity contribution in [3.63, 3.8) is 0 Å². The van der Waals surface area contributed by atoms with Crippen LogP contribution in [0.3, 0.4) is 0 Å². The first-order valence-electron chi connectivity index (χ1n) is 15.2. The maximum absolute atomic E-state index is 11.8. The predicted molar refractivity (Wildman–Crippen MR) is 175 cm³/mol. The standard InChI is InChI=1S/C36H43N5O2/c1-8-11-32-37-34-24(4)20-28(35-38-33(23(2)3)25(5)40(35)19-18-39(6)7)21-31(34)41(32)22-26-14-16-27(17-15-26)29-12-9-10-13-30(29)36(42)43/h9-10,12-17,20-21,23H,8,11,18-19,22H2,1-7H3,(H,42,43). The number of benzene rings is 3. The van der Waals surface area contributed by atoms with Crippen molar-refractivity contribution in [3.05, 3.63) is 94.6 Å². The van der Waals surface area contributed by atoms with E-state index in [2.05, 4.69) is 87.0 Å². The van der Waals surface area contributed by atoms with E-state index in [0.717, 1.165) is 82.1 Å². The number of likely N-dealkylation sites (N-methyl/N-ethyl adjacent to an activating group) is 1. The van der Waals surface area contributed by atoms with E-state index in [1.165, 1.54) is 5.69 Å². The zero-order valence-corrected chi connectivity index (χ0v) is 26.5. The molecule has 7 nitrogen and oxygen atoms in total. The van der Waals surface area contributed by atoms with Gasteiger partial charge in [-0.3, -0.25) is 0 Å². The van der Waals surface area contributed by atoms with Gasteiger partial charge >= 0.3 is 5.97 Å². The van der Waals surface area contributed by atoms with Gasteiger partial charge in [0, 0.05) is 37.3 Å². The van der Waals surface area contributed by atoms with Gasteiger partial charge in [0.25, 0.3) is 0 Å². The average Bonchev–Trinajstić information content (AvgIpc) is 3.49. The highest BCUT2D eigenvalue weighted by Gasteiger charge is 2.21. The van der Waals surface area contributed by atoms with E-state index < -0.39 is 5.97 Å². The van der Waals surface area contributed by atoms with Crippen LogP contribution >= 0.6 is 0 Å². The number of hydrogen-bond acceptors (Lipinski definition) is 4. The molecule has 0 radical (unpaired) electrons. The maximum Gasteiger partial charge on any atom is 0.336 e. The summed E-state index contributed by atoms with van der Waals surface area (Å²) < 4.78 is 4.72. The van der Waals surface area contributed by atoms with Gasteiger partial charge in [-0.25, -0.2) is 14.8 Å². The average molecular weight is 578 g/mol. The number of carboxylic acid groups (broad SMARTS) is 1. The SMILES string of the molecule is CCCc1nc2c(C)cc(-c3nc(C(C)C)c(C)n3CCN(C)C)cc2n1Cc1ccc(-c2ccccc2C(=O)O)cc1. The third-order valence-electron chi connectivity index (χ3n) is 8.19. The fourth-order valence-electron chi connectivity index (χ4n) is 5.95. The first kappa shape index (κ1) is 30.2. The second-order valence-corrected chi connectivity index (χ2v) is 12.1. The van der Waals surface area contributed by atoms with Gasteiger partial charge in [-0.1, -0.05) is 63.2 Å². The summed E-state index contributed by atoms with van der Waals surface area (Å²) in [5.41, 5.74) is 9.86. The quantitative estimate of drug-likeness (QED) is 0.175. The Morgan fingerprint density at radius 2 is 1.67 bits per heavy atom. The molecule has 0 aliphatic rings. The molecule has 0 spiro atoms. The minimum Gasteiger partial charge on any atom is -0.478 e. The van der Waals surface area contributed by atoms with Gasteiger partial charge in [-0.2, -0.15) is 0 Å². The molecule has 0 fully saturated rings. The fraction of sp³-hybridized carbons (Fsp3) is 0.361. The van der Waals surface area contributed by atoms with Gasteiger partial charge in [0.15, 0.2) is 0 Å². The van der Waals surface area contributed by atoms with E-state index in [4.69, 9.17) is 9.97 Å². The summed E-state index contributed by atoms with van der Waals surface area (Å²) in [5, 5.41) is 9.66. The molecule has 0 bridgehead atoms. The van der Waals surface area contributed by atoms with E-state index in [0.29, 0.717) is 18.0 Å². The number of hydrogen-bond donors (Lipinski definition) is 1. The Bertz CT molecular complexity index is 1760. The molecule has 2 heterocycles. The Kier molecular flexibility index (Phi) is 8.83. The number of aryl methyl sites for hydroxylation is 2. The van der Waals surface area contributed by atoms with Crippen LogP contribution < -0.4 is 0 Å². The van der Waals surface area contributed by atoms with Crippen LogP contribution in [0.2, 0.25) is 0 Å². The Hall–Kier alpha value is -4.23. The van der Waals surface area contributed by atoms with Crippen LogP contribution in [0, 0.1) is 13.8 Å². The molecule has 0 aliphatic carbocycles. The molecule has 0 saturated carbocycles. The zero-order valence-electron chi connectivity index (χ0n) is 26.5. The molecule has 3 aromatic carbocycles. The van der Waals surface area contributed by atoms with Crippen LogP contribution in [-0.4, -0.2) is 55.7 Å². The Labute approximate surface area is 254 Å². The highest BCUT2D eigenvalue weighted by Crippen LogP contribution is 2.32. The molecule has 7 heteroatoms. The normalized spacial score (nSPS) is 11.7. The number of imidazole rings is 2. The number of nitrogens with zero attached hydrogens (tertiary/aromatic N) is 5. The van der Waals surface area contributed by atoms with Crippen LogP contribution in [0.4, 0.5) is 0 Å². The molecule has 0 saturated heterocycles. The lowest BCUT2D eigenvalue weighted by Crippen LogP contribution is -2.19. The summed E-state index contributed by atoms with van der Waals surface area (Å²) in [6, 6.07) is 19.9. The summed E-state index contributed by atoms with van der Waals surface area (Å²) in [5.74, 6) is 1.52. The van der Waals surface area contributed by atoms with Crippen LogP contribution in [0.25, 0.3) is 33.5 Å². The van der Waals surface area contributed by atoms with Crippen LogP contribution in [0.1, 0.15) is 71.8 Å². The van der Waals surface area contributed by atoms with Crippen molar-refractivity contribution in [1.82, 2.24) is 24.0 Å².